The van der Waals surface area contributed by atoms with Crippen molar-refractivity contribution in [3.05, 3.63) is 59.4 Å². The minimum atomic E-state index is -1.05. The van der Waals surface area contributed by atoms with E-state index in [1.165, 1.54) is 22.6 Å². The standard InChI is InChI=1S/C17H15N3O3S/c21-14(22)10-20(8-6-12-4-2-1-3-5-12)17(23)15-16-13(7-9-24-16)18-11-19-15/h1-5,7,9,11H,6,8,10H2,(H,21,22). The summed E-state index contributed by atoms with van der Waals surface area (Å²) in [6.07, 6.45) is 1.91. The fourth-order valence-electron chi connectivity index (χ4n) is 2.42. The minimum absolute atomic E-state index is 0.254. The van der Waals surface area contributed by atoms with Crippen LogP contribution in [0.2, 0.25) is 0 Å². The molecule has 2 heterocycles. The van der Waals surface area contributed by atoms with Gasteiger partial charge in [0.15, 0.2) is 0 Å². The Bertz CT molecular complexity index is 864. The SMILES string of the molecule is O=C(O)CN(CCc1ccccc1)C(=O)c1ncnc2ccsc12. The Morgan fingerprint density at radius 2 is 1.92 bits per heavy atom. The molecular formula is C17H15N3O3S. The number of carboxylic acids is 1. The molecule has 1 N–H and O–H groups in total. The molecule has 0 bridgehead atoms. The zero-order chi connectivity index (χ0) is 16.9. The van der Waals surface area contributed by atoms with E-state index in [4.69, 9.17) is 5.11 Å². The molecule has 0 fully saturated rings. The Morgan fingerprint density at radius 3 is 2.67 bits per heavy atom. The largest absolute Gasteiger partial charge is 0.480 e. The number of carboxylic acid groups (broad SMARTS) is 1. The maximum Gasteiger partial charge on any atom is 0.323 e. The molecule has 0 aliphatic heterocycles. The van der Waals surface area contributed by atoms with Gasteiger partial charge in [0.05, 0.1) is 10.2 Å². The van der Waals surface area contributed by atoms with E-state index in [1.54, 1.807) is 0 Å². The number of benzene rings is 1. The summed E-state index contributed by atoms with van der Waals surface area (Å²) in [6.45, 7) is -0.0471. The lowest BCUT2D eigenvalue weighted by atomic mass is 10.1. The highest BCUT2D eigenvalue weighted by molar-refractivity contribution is 7.17. The average molecular weight is 341 g/mol. The van der Waals surface area contributed by atoms with E-state index in [2.05, 4.69) is 9.97 Å². The number of aliphatic carboxylic acids is 1. The molecule has 3 rings (SSSR count). The van der Waals surface area contributed by atoms with E-state index in [0.29, 0.717) is 23.2 Å². The van der Waals surface area contributed by atoms with E-state index in [-0.39, 0.29) is 18.1 Å². The fraction of sp³-hybridized carbons (Fsp3) is 0.176. The first-order valence-corrected chi connectivity index (χ1v) is 8.26. The summed E-state index contributed by atoms with van der Waals surface area (Å²) < 4.78 is 0.678. The zero-order valence-corrected chi connectivity index (χ0v) is 13.6. The number of rotatable bonds is 6. The van der Waals surface area contributed by atoms with Crippen LogP contribution in [-0.4, -0.2) is 44.9 Å². The average Bonchev–Trinajstić information content (AvgIpc) is 3.07. The van der Waals surface area contributed by atoms with Crippen LogP contribution in [0.15, 0.2) is 48.1 Å². The number of fused-ring (bicyclic) bond motifs is 1. The van der Waals surface area contributed by atoms with Crippen LogP contribution in [0.1, 0.15) is 16.1 Å². The molecule has 0 saturated carbocycles. The second kappa shape index (κ2) is 7.18. The van der Waals surface area contributed by atoms with Gasteiger partial charge in [0.1, 0.15) is 18.6 Å². The molecule has 1 amide bonds. The smallest absolute Gasteiger partial charge is 0.323 e. The summed E-state index contributed by atoms with van der Waals surface area (Å²) in [5.41, 5.74) is 1.99. The lowest BCUT2D eigenvalue weighted by Gasteiger charge is -2.20. The number of hydrogen-bond donors (Lipinski definition) is 1. The third-order valence-electron chi connectivity index (χ3n) is 3.57. The van der Waals surface area contributed by atoms with Gasteiger partial charge in [-0.05, 0) is 23.4 Å². The molecule has 1 aromatic carbocycles. The highest BCUT2D eigenvalue weighted by atomic mass is 32.1. The second-order valence-electron chi connectivity index (χ2n) is 5.21. The topological polar surface area (TPSA) is 83.4 Å². The molecule has 0 aliphatic carbocycles. The molecule has 7 heteroatoms. The molecule has 122 valence electrons. The maximum atomic E-state index is 12.8. The number of aromatic nitrogens is 2. The summed E-state index contributed by atoms with van der Waals surface area (Å²) in [5.74, 6) is -1.43. The summed E-state index contributed by atoms with van der Waals surface area (Å²) in [5, 5.41) is 11.0. The summed E-state index contributed by atoms with van der Waals surface area (Å²) >= 11 is 1.37. The summed E-state index contributed by atoms with van der Waals surface area (Å²) in [4.78, 5) is 33.4. The Morgan fingerprint density at radius 1 is 1.12 bits per heavy atom. The van der Waals surface area contributed by atoms with Gasteiger partial charge in [-0.15, -0.1) is 11.3 Å². The first-order chi connectivity index (χ1) is 11.6. The third kappa shape index (κ3) is 3.57. The maximum absolute atomic E-state index is 12.8. The van der Waals surface area contributed by atoms with Crippen molar-refractivity contribution in [3.63, 3.8) is 0 Å². The van der Waals surface area contributed by atoms with Gasteiger partial charge in [0, 0.05) is 6.54 Å². The Balaban J connectivity index is 1.83. The first kappa shape index (κ1) is 16.1. The van der Waals surface area contributed by atoms with E-state index >= 15 is 0 Å². The lowest BCUT2D eigenvalue weighted by molar-refractivity contribution is -0.137. The van der Waals surface area contributed by atoms with Crippen molar-refractivity contribution in [3.8, 4) is 0 Å². The lowest BCUT2D eigenvalue weighted by Crippen LogP contribution is -2.37. The van der Waals surface area contributed by atoms with E-state index in [0.717, 1.165) is 5.56 Å². The Hall–Kier alpha value is -2.80. The molecule has 0 saturated heterocycles. The van der Waals surface area contributed by atoms with Gasteiger partial charge in [-0.3, -0.25) is 9.59 Å². The van der Waals surface area contributed by atoms with Gasteiger partial charge in [-0.25, -0.2) is 9.97 Å². The predicted octanol–water partition coefficient (Wildman–Crippen LogP) is 2.46. The van der Waals surface area contributed by atoms with Gasteiger partial charge in [0.25, 0.3) is 5.91 Å². The van der Waals surface area contributed by atoms with Crippen LogP contribution in [0.5, 0.6) is 0 Å². The number of carbonyl (C=O) groups is 2. The monoisotopic (exact) mass is 341 g/mol. The van der Waals surface area contributed by atoms with Crippen molar-refractivity contribution in [1.82, 2.24) is 14.9 Å². The van der Waals surface area contributed by atoms with Crippen molar-refractivity contribution in [2.45, 2.75) is 6.42 Å². The highest BCUT2D eigenvalue weighted by Gasteiger charge is 2.22. The molecule has 24 heavy (non-hydrogen) atoms. The molecule has 6 nitrogen and oxygen atoms in total. The van der Waals surface area contributed by atoms with Crippen LogP contribution in [0, 0.1) is 0 Å². The highest BCUT2D eigenvalue weighted by Crippen LogP contribution is 2.22. The minimum Gasteiger partial charge on any atom is -0.480 e. The van der Waals surface area contributed by atoms with Gasteiger partial charge < -0.3 is 10.0 Å². The number of nitrogens with zero attached hydrogens (tertiary/aromatic N) is 3. The third-order valence-corrected chi connectivity index (χ3v) is 4.48. The molecule has 0 unspecified atom stereocenters. The molecular weight excluding hydrogens is 326 g/mol. The van der Waals surface area contributed by atoms with Crippen molar-refractivity contribution < 1.29 is 14.7 Å². The van der Waals surface area contributed by atoms with Gasteiger partial charge in [-0.2, -0.15) is 0 Å². The molecule has 0 spiro atoms. The van der Waals surface area contributed by atoms with Crippen LogP contribution in [-0.2, 0) is 11.2 Å². The van der Waals surface area contributed by atoms with Crippen LogP contribution in [0.25, 0.3) is 10.2 Å². The van der Waals surface area contributed by atoms with Crippen molar-refractivity contribution in [1.29, 1.82) is 0 Å². The zero-order valence-electron chi connectivity index (χ0n) is 12.8. The predicted molar refractivity (Wildman–Crippen MR) is 91.1 cm³/mol. The summed E-state index contributed by atoms with van der Waals surface area (Å²) in [6, 6.07) is 11.5. The van der Waals surface area contributed by atoms with Gasteiger partial charge >= 0.3 is 5.97 Å². The van der Waals surface area contributed by atoms with Crippen LogP contribution < -0.4 is 0 Å². The van der Waals surface area contributed by atoms with Crippen molar-refractivity contribution in [2.24, 2.45) is 0 Å². The van der Waals surface area contributed by atoms with Crippen LogP contribution in [0.4, 0.5) is 0 Å². The van der Waals surface area contributed by atoms with Gasteiger partial charge in [-0.1, -0.05) is 30.3 Å². The van der Waals surface area contributed by atoms with Crippen molar-refractivity contribution >= 4 is 33.4 Å². The number of thiophene rings is 1. The molecule has 0 radical (unpaired) electrons. The number of carbonyl (C=O) groups excluding carboxylic acids is 1. The van der Waals surface area contributed by atoms with Crippen LogP contribution in [0.3, 0.4) is 0 Å². The quantitative estimate of drug-likeness (QED) is 0.744. The van der Waals surface area contributed by atoms with E-state index in [9.17, 15) is 9.59 Å². The number of hydrogen-bond acceptors (Lipinski definition) is 5. The fourth-order valence-corrected chi connectivity index (χ4v) is 3.24. The van der Waals surface area contributed by atoms with Crippen LogP contribution >= 0.6 is 11.3 Å². The normalized spacial score (nSPS) is 10.7. The van der Waals surface area contributed by atoms with E-state index in [1.807, 2.05) is 41.8 Å². The molecule has 0 aliphatic rings. The molecule has 3 aromatic rings. The first-order valence-electron chi connectivity index (χ1n) is 7.38. The Labute approximate surface area is 142 Å². The Kier molecular flexibility index (Phi) is 4.81. The van der Waals surface area contributed by atoms with Gasteiger partial charge in [0.2, 0.25) is 0 Å². The summed E-state index contributed by atoms with van der Waals surface area (Å²) in [7, 11) is 0. The van der Waals surface area contributed by atoms with E-state index < -0.39 is 5.97 Å². The molecule has 2 aromatic heterocycles. The number of amides is 1. The second-order valence-corrected chi connectivity index (χ2v) is 6.13. The molecule has 0 atom stereocenters. The van der Waals surface area contributed by atoms with Crippen molar-refractivity contribution in [2.75, 3.05) is 13.1 Å².